The standard InChI is InChI=1S/C8H16.C7H14O.C7H14.CH4/c1-7(2)8(3)5-4-6-8;1-6(2)7-3-4-8-5-7;1-6(2)7-4-3-5-7;/h7H,4-6H2,1-3H3;6-7H,3-5H2,1-2H3;6-7H,3-5H2,1-2H3;1H4. The van der Waals surface area contributed by atoms with Gasteiger partial charge in [-0.2, -0.15) is 0 Å². The van der Waals surface area contributed by atoms with Crippen LogP contribution in [-0.4, -0.2) is 13.2 Å². The molecule has 0 aromatic heterocycles. The Morgan fingerprint density at radius 2 is 1.33 bits per heavy atom. The van der Waals surface area contributed by atoms with Crippen LogP contribution >= 0.6 is 0 Å². The summed E-state index contributed by atoms with van der Waals surface area (Å²) in [5.74, 6) is 4.59. The highest BCUT2D eigenvalue weighted by atomic mass is 16.5. The van der Waals surface area contributed by atoms with Crippen molar-refractivity contribution >= 4 is 0 Å². The van der Waals surface area contributed by atoms with Gasteiger partial charge < -0.3 is 4.74 Å². The van der Waals surface area contributed by atoms with Gasteiger partial charge in [0.2, 0.25) is 0 Å². The van der Waals surface area contributed by atoms with Gasteiger partial charge in [-0.25, -0.2) is 0 Å². The molecule has 1 heteroatoms. The number of hydrogen-bond acceptors (Lipinski definition) is 1. The third-order valence-corrected chi connectivity index (χ3v) is 6.89. The van der Waals surface area contributed by atoms with E-state index in [0.717, 1.165) is 48.2 Å². The second kappa shape index (κ2) is 11.6. The molecule has 3 fully saturated rings. The fraction of sp³-hybridized carbons (Fsp3) is 1.00. The Morgan fingerprint density at radius 1 is 0.792 bits per heavy atom. The number of rotatable bonds is 3. The van der Waals surface area contributed by atoms with Crippen molar-refractivity contribution in [1.82, 2.24) is 0 Å². The van der Waals surface area contributed by atoms with Crippen LogP contribution in [0.4, 0.5) is 0 Å². The Labute approximate surface area is 154 Å². The highest BCUT2D eigenvalue weighted by Gasteiger charge is 2.34. The zero-order chi connectivity index (χ0) is 17.5. The molecule has 0 amide bonds. The minimum atomic E-state index is 0. The molecular formula is C23H48O. The van der Waals surface area contributed by atoms with Gasteiger partial charge in [0, 0.05) is 13.2 Å². The normalized spacial score (nSPS) is 25.0. The molecule has 0 spiro atoms. The summed E-state index contributed by atoms with van der Waals surface area (Å²) in [6.07, 6.45) is 10.2. The predicted octanol–water partition coefficient (Wildman–Crippen LogP) is 7.59. The van der Waals surface area contributed by atoms with Crippen molar-refractivity contribution in [1.29, 1.82) is 0 Å². The molecule has 0 N–H and O–H groups in total. The maximum absolute atomic E-state index is 5.22. The quantitative estimate of drug-likeness (QED) is 0.514. The van der Waals surface area contributed by atoms with E-state index in [1.54, 1.807) is 0 Å². The van der Waals surface area contributed by atoms with Gasteiger partial charge in [0.05, 0.1) is 0 Å². The van der Waals surface area contributed by atoms with Crippen LogP contribution < -0.4 is 0 Å². The Kier molecular flexibility index (Phi) is 11.5. The third-order valence-electron chi connectivity index (χ3n) is 6.89. The highest BCUT2D eigenvalue weighted by Crippen LogP contribution is 2.46. The molecule has 146 valence electrons. The van der Waals surface area contributed by atoms with Crippen molar-refractivity contribution in [3.8, 4) is 0 Å². The lowest BCUT2D eigenvalue weighted by molar-refractivity contribution is 0.0934. The molecule has 1 atom stereocenters. The number of ether oxygens (including phenoxy) is 1. The van der Waals surface area contributed by atoms with Gasteiger partial charge in [-0.3, -0.25) is 0 Å². The van der Waals surface area contributed by atoms with Crippen LogP contribution in [0.15, 0.2) is 0 Å². The second-order valence-electron chi connectivity index (χ2n) is 9.46. The van der Waals surface area contributed by atoms with Crippen LogP contribution in [0.2, 0.25) is 0 Å². The van der Waals surface area contributed by atoms with E-state index in [1.165, 1.54) is 44.9 Å². The monoisotopic (exact) mass is 340 g/mol. The zero-order valence-electron chi connectivity index (χ0n) is 17.2. The minimum absolute atomic E-state index is 0. The molecular weight excluding hydrogens is 292 g/mol. The van der Waals surface area contributed by atoms with Crippen molar-refractivity contribution in [2.75, 3.05) is 13.2 Å². The topological polar surface area (TPSA) is 9.23 Å². The van der Waals surface area contributed by atoms with Crippen LogP contribution in [0.3, 0.4) is 0 Å². The molecule has 0 bridgehead atoms. The van der Waals surface area contributed by atoms with E-state index in [2.05, 4.69) is 48.5 Å². The molecule has 3 aliphatic rings. The molecule has 0 aromatic rings. The van der Waals surface area contributed by atoms with Crippen molar-refractivity contribution < 1.29 is 4.74 Å². The fourth-order valence-electron chi connectivity index (χ4n) is 3.50. The molecule has 1 unspecified atom stereocenters. The summed E-state index contributed by atoms with van der Waals surface area (Å²) < 4.78 is 5.22. The zero-order valence-corrected chi connectivity index (χ0v) is 17.2. The Bertz CT molecular complexity index is 291. The summed E-state index contributed by atoms with van der Waals surface area (Å²) in [5, 5.41) is 0. The summed E-state index contributed by atoms with van der Waals surface area (Å²) in [4.78, 5) is 0. The summed E-state index contributed by atoms with van der Waals surface area (Å²) in [6, 6.07) is 0. The SMILES string of the molecule is C.CC(C)C1(C)CCC1.CC(C)C1CCC1.CC(C)C1CCOC1. The number of hydrogen-bond donors (Lipinski definition) is 0. The molecule has 24 heavy (non-hydrogen) atoms. The van der Waals surface area contributed by atoms with E-state index in [4.69, 9.17) is 4.74 Å². The molecule has 0 radical (unpaired) electrons. The summed E-state index contributed by atoms with van der Waals surface area (Å²) in [5.41, 5.74) is 0.722. The van der Waals surface area contributed by atoms with Crippen molar-refractivity contribution in [3.05, 3.63) is 0 Å². The first-order valence-corrected chi connectivity index (χ1v) is 10.3. The molecule has 2 aliphatic carbocycles. The average molecular weight is 341 g/mol. The second-order valence-corrected chi connectivity index (χ2v) is 9.46. The molecule has 0 aromatic carbocycles. The van der Waals surface area contributed by atoms with Gasteiger partial charge in [0.25, 0.3) is 0 Å². The van der Waals surface area contributed by atoms with Gasteiger partial charge in [-0.1, -0.05) is 81.6 Å². The van der Waals surface area contributed by atoms with Crippen LogP contribution in [0.5, 0.6) is 0 Å². The first-order valence-electron chi connectivity index (χ1n) is 10.3. The molecule has 1 heterocycles. The molecule has 3 rings (SSSR count). The van der Waals surface area contributed by atoms with Crippen molar-refractivity contribution in [2.24, 2.45) is 35.0 Å². The largest absolute Gasteiger partial charge is 0.381 e. The minimum Gasteiger partial charge on any atom is -0.381 e. The fourth-order valence-corrected chi connectivity index (χ4v) is 3.50. The van der Waals surface area contributed by atoms with E-state index in [9.17, 15) is 0 Å². The summed E-state index contributed by atoms with van der Waals surface area (Å²) in [6.45, 7) is 18.2. The van der Waals surface area contributed by atoms with Crippen molar-refractivity contribution in [2.45, 2.75) is 101 Å². The van der Waals surface area contributed by atoms with Crippen LogP contribution in [0, 0.1) is 35.0 Å². The smallest absolute Gasteiger partial charge is 0.0497 e. The third kappa shape index (κ3) is 7.89. The molecule has 1 saturated heterocycles. The van der Waals surface area contributed by atoms with Crippen LogP contribution in [0.25, 0.3) is 0 Å². The Balaban J connectivity index is 0.000000325. The lowest BCUT2D eigenvalue weighted by atomic mass is 9.64. The van der Waals surface area contributed by atoms with E-state index in [-0.39, 0.29) is 7.43 Å². The predicted molar refractivity (Wildman–Crippen MR) is 109 cm³/mol. The van der Waals surface area contributed by atoms with Gasteiger partial charge in [-0.15, -0.1) is 0 Å². The van der Waals surface area contributed by atoms with Crippen LogP contribution in [-0.2, 0) is 4.74 Å². The lowest BCUT2D eigenvalue weighted by Gasteiger charge is -2.42. The molecule has 1 aliphatic heterocycles. The van der Waals surface area contributed by atoms with Gasteiger partial charge in [-0.05, 0) is 54.3 Å². The summed E-state index contributed by atoms with van der Waals surface area (Å²) in [7, 11) is 0. The first-order chi connectivity index (χ1) is 10.8. The van der Waals surface area contributed by atoms with Crippen molar-refractivity contribution in [3.63, 3.8) is 0 Å². The molecule has 1 nitrogen and oxygen atoms in total. The van der Waals surface area contributed by atoms with Gasteiger partial charge in [0.15, 0.2) is 0 Å². The van der Waals surface area contributed by atoms with Gasteiger partial charge >= 0.3 is 0 Å². The maximum Gasteiger partial charge on any atom is 0.0497 e. The molecule has 2 saturated carbocycles. The van der Waals surface area contributed by atoms with E-state index < -0.39 is 0 Å². The van der Waals surface area contributed by atoms with E-state index >= 15 is 0 Å². The Hall–Kier alpha value is -0.0400. The maximum atomic E-state index is 5.22. The highest BCUT2D eigenvalue weighted by molar-refractivity contribution is 4.85. The first kappa shape index (κ1) is 24.0. The van der Waals surface area contributed by atoms with Gasteiger partial charge in [0.1, 0.15) is 0 Å². The van der Waals surface area contributed by atoms with Crippen LogP contribution in [0.1, 0.15) is 101 Å². The van der Waals surface area contributed by atoms with E-state index in [1.807, 2.05) is 0 Å². The summed E-state index contributed by atoms with van der Waals surface area (Å²) >= 11 is 0. The lowest BCUT2D eigenvalue weighted by Crippen LogP contribution is -2.30. The van der Waals surface area contributed by atoms with E-state index in [0.29, 0.717) is 0 Å². The average Bonchev–Trinajstić information content (AvgIpc) is 2.88. The Morgan fingerprint density at radius 3 is 1.42 bits per heavy atom.